The standard InChI is InChI=1S/C13H16N4OS/c14-15-13-12(16-17-19-13)8-18-11-6-5-9-3-1-2-4-10(9)7-11/h5-7,15H,1-4,8,14H2. The van der Waals surface area contributed by atoms with E-state index in [1.54, 1.807) is 0 Å². The maximum atomic E-state index is 5.77. The third kappa shape index (κ3) is 2.69. The number of fused-ring (bicyclic) bond motifs is 1. The zero-order chi connectivity index (χ0) is 13.1. The summed E-state index contributed by atoms with van der Waals surface area (Å²) in [5.41, 5.74) is 6.19. The molecule has 1 aliphatic rings. The van der Waals surface area contributed by atoms with Gasteiger partial charge in [-0.05, 0) is 48.9 Å². The van der Waals surface area contributed by atoms with Crippen molar-refractivity contribution in [1.29, 1.82) is 0 Å². The molecule has 3 rings (SSSR count). The number of aromatic nitrogens is 2. The third-order valence-corrected chi connectivity index (χ3v) is 4.08. The number of rotatable bonds is 4. The number of hydrogen-bond acceptors (Lipinski definition) is 6. The van der Waals surface area contributed by atoms with Gasteiger partial charge in [0.15, 0.2) is 5.00 Å². The smallest absolute Gasteiger partial charge is 0.150 e. The van der Waals surface area contributed by atoms with Crippen LogP contribution < -0.4 is 16.0 Å². The van der Waals surface area contributed by atoms with E-state index < -0.39 is 0 Å². The van der Waals surface area contributed by atoms with E-state index in [2.05, 4.69) is 27.1 Å². The van der Waals surface area contributed by atoms with Gasteiger partial charge in [-0.25, -0.2) is 5.84 Å². The van der Waals surface area contributed by atoms with Crippen molar-refractivity contribution in [2.75, 3.05) is 5.43 Å². The van der Waals surface area contributed by atoms with Crippen LogP contribution in [0.5, 0.6) is 5.75 Å². The highest BCUT2D eigenvalue weighted by atomic mass is 32.1. The van der Waals surface area contributed by atoms with E-state index in [9.17, 15) is 0 Å². The van der Waals surface area contributed by atoms with Gasteiger partial charge >= 0.3 is 0 Å². The number of ether oxygens (including phenoxy) is 1. The van der Waals surface area contributed by atoms with E-state index in [4.69, 9.17) is 10.6 Å². The van der Waals surface area contributed by atoms with Crippen LogP contribution in [-0.4, -0.2) is 9.59 Å². The Morgan fingerprint density at radius 3 is 2.95 bits per heavy atom. The van der Waals surface area contributed by atoms with E-state index in [-0.39, 0.29) is 0 Å². The minimum absolute atomic E-state index is 0.384. The molecule has 0 spiro atoms. The number of benzene rings is 1. The molecule has 100 valence electrons. The Hall–Kier alpha value is -1.66. The van der Waals surface area contributed by atoms with Gasteiger partial charge < -0.3 is 10.2 Å². The van der Waals surface area contributed by atoms with E-state index in [0.29, 0.717) is 6.61 Å². The van der Waals surface area contributed by atoms with E-state index in [1.807, 2.05) is 6.07 Å². The molecule has 0 unspecified atom stereocenters. The molecule has 0 radical (unpaired) electrons. The summed E-state index contributed by atoms with van der Waals surface area (Å²) in [7, 11) is 0. The number of nitrogen functional groups attached to an aromatic ring is 1. The normalized spacial score (nSPS) is 13.9. The molecule has 0 bridgehead atoms. The largest absolute Gasteiger partial charge is 0.487 e. The number of aryl methyl sites for hydroxylation is 2. The van der Waals surface area contributed by atoms with Gasteiger partial charge in [-0.15, -0.1) is 5.10 Å². The van der Waals surface area contributed by atoms with Crippen molar-refractivity contribution in [3.8, 4) is 5.75 Å². The summed E-state index contributed by atoms with van der Waals surface area (Å²) in [5.74, 6) is 6.27. The Kier molecular flexibility index (Phi) is 3.61. The van der Waals surface area contributed by atoms with Gasteiger partial charge in [-0.2, -0.15) is 0 Å². The lowest BCUT2D eigenvalue weighted by Gasteiger charge is -2.16. The highest BCUT2D eigenvalue weighted by Crippen LogP contribution is 2.26. The molecule has 0 saturated carbocycles. The fraction of sp³-hybridized carbons (Fsp3) is 0.385. The number of anilines is 1. The highest BCUT2D eigenvalue weighted by Gasteiger charge is 2.11. The second-order valence-corrected chi connectivity index (χ2v) is 5.37. The van der Waals surface area contributed by atoms with Crippen LogP contribution in [-0.2, 0) is 19.4 Å². The summed E-state index contributed by atoms with van der Waals surface area (Å²) in [6.45, 7) is 0.384. The van der Waals surface area contributed by atoms with Crippen LogP contribution >= 0.6 is 11.5 Å². The van der Waals surface area contributed by atoms with Crippen LogP contribution in [0.1, 0.15) is 29.7 Å². The predicted molar refractivity (Wildman–Crippen MR) is 75.1 cm³/mol. The summed E-state index contributed by atoms with van der Waals surface area (Å²) in [6, 6.07) is 6.34. The van der Waals surface area contributed by atoms with Crippen molar-refractivity contribution in [3.05, 3.63) is 35.0 Å². The molecular formula is C13H16N4OS. The second kappa shape index (κ2) is 5.54. The van der Waals surface area contributed by atoms with Gasteiger partial charge in [-0.3, -0.25) is 0 Å². The molecule has 0 aliphatic heterocycles. The van der Waals surface area contributed by atoms with Crippen LogP contribution in [0.25, 0.3) is 0 Å². The Morgan fingerprint density at radius 1 is 1.26 bits per heavy atom. The van der Waals surface area contributed by atoms with Gasteiger partial charge in [0.25, 0.3) is 0 Å². The lowest BCUT2D eigenvalue weighted by molar-refractivity contribution is 0.301. The molecule has 2 aromatic rings. The fourth-order valence-electron chi connectivity index (χ4n) is 2.36. The molecule has 0 amide bonds. The van der Waals surface area contributed by atoms with Gasteiger partial charge in [0.2, 0.25) is 0 Å². The number of nitrogens with zero attached hydrogens (tertiary/aromatic N) is 2. The molecular weight excluding hydrogens is 260 g/mol. The highest BCUT2D eigenvalue weighted by molar-refractivity contribution is 7.10. The van der Waals surface area contributed by atoms with E-state index >= 15 is 0 Å². The van der Waals surface area contributed by atoms with Crippen molar-refractivity contribution < 1.29 is 4.74 Å². The van der Waals surface area contributed by atoms with Crippen LogP contribution in [0.15, 0.2) is 18.2 Å². The topological polar surface area (TPSA) is 73.1 Å². The summed E-state index contributed by atoms with van der Waals surface area (Å²) in [5, 5.41) is 4.74. The number of hydrazine groups is 1. The molecule has 6 heteroatoms. The van der Waals surface area contributed by atoms with Gasteiger partial charge in [0.1, 0.15) is 18.1 Å². The first kappa shape index (κ1) is 12.4. The number of nitrogens with two attached hydrogens (primary N) is 1. The Bertz CT molecular complexity index is 570. The zero-order valence-corrected chi connectivity index (χ0v) is 11.4. The summed E-state index contributed by atoms with van der Waals surface area (Å²) in [4.78, 5) is 0. The lowest BCUT2D eigenvalue weighted by Crippen LogP contribution is -2.09. The zero-order valence-electron chi connectivity index (χ0n) is 10.6. The van der Waals surface area contributed by atoms with Crippen molar-refractivity contribution in [3.63, 3.8) is 0 Å². The first-order chi connectivity index (χ1) is 9.36. The monoisotopic (exact) mass is 276 g/mol. The quantitative estimate of drug-likeness (QED) is 0.662. The SMILES string of the molecule is NNc1snnc1COc1ccc2c(c1)CCCC2. The Balaban J connectivity index is 1.70. The molecule has 0 fully saturated rings. The van der Waals surface area contributed by atoms with E-state index in [0.717, 1.165) is 22.9 Å². The summed E-state index contributed by atoms with van der Waals surface area (Å²) >= 11 is 1.23. The summed E-state index contributed by atoms with van der Waals surface area (Å²) in [6.07, 6.45) is 4.91. The van der Waals surface area contributed by atoms with Gasteiger partial charge in [-0.1, -0.05) is 10.6 Å². The maximum absolute atomic E-state index is 5.77. The molecule has 1 aromatic heterocycles. The minimum atomic E-state index is 0.384. The molecule has 5 nitrogen and oxygen atoms in total. The van der Waals surface area contributed by atoms with E-state index in [1.165, 1.54) is 41.9 Å². The minimum Gasteiger partial charge on any atom is -0.487 e. The van der Waals surface area contributed by atoms with Crippen LogP contribution in [0.3, 0.4) is 0 Å². The van der Waals surface area contributed by atoms with Crippen molar-refractivity contribution in [2.24, 2.45) is 5.84 Å². The van der Waals surface area contributed by atoms with Crippen molar-refractivity contribution in [1.82, 2.24) is 9.59 Å². The predicted octanol–water partition coefficient (Wildman–Crippen LogP) is 2.28. The molecule has 0 saturated heterocycles. The van der Waals surface area contributed by atoms with Crippen LogP contribution in [0.2, 0.25) is 0 Å². The van der Waals surface area contributed by atoms with Gasteiger partial charge in [0.05, 0.1) is 0 Å². The average molecular weight is 276 g/mol. The van der Waals surface area contributed by atoms with Crippen molar-refractivity contribution in [2.45, 2.75) is 32.3 Å². The second-order valence-electron chi connectivity index (χ2n) is 4.62. The first-order valence-electron chi connectivity index (χ1n) is 6.39. The van der Waals surface area contributed by atoms with Gasteiger partial charge in [0, 0.05) is 11.5 Å². The number of hydrogen-bond donors (Lipinski definition) is 2. The molecule has 1 heterocycles. The first-order valence-corrected chi connectivity index (χ1v) is 7.16. The Morgan fingerprint density at radius 2 is 2.11 bits per heavy atom. The third-order valence-electron chi connectivity index (χ3n) is 3.38. The molecule has 3 N–H and O–H groups in total. The van der Waals surface area contributed by atoms with Crippen LogP contribution in [0.4, 0.5) is 5.00 Å². The molecule has 1 aromatic carbocycles. The Labute approximate surface area is 115 Å². The van der Waals surface area contributed by atoms with Crippen LogP contribution in [0, 0.1) is 0 Å². The summed E-state index contributed by atoms with van der Waals surface area (Å²) < 4.78 is 9.61. The molecule has 19 heavy (non-hydrogen) atoms. The number of nitrogens with one attached hydrogen (secondary N) is 1. The average Bonchev–Trinajstić information content (AvgIpc) is 2.92. The lowest BCUT2D eigenvalue weighted by atomic mass is 9.92. The fourth-order valence-corrected chi connectivity index (χ4v) is 2.84. The maximum Gasteiger partial charge on any atom is 0.150 e. The van der Waals surface area contributed by atoms with Crippen molar-refractivity contribution >= 4 is 16.5 Å². The molecule has 0 atom stereocenters. The molecule has 1 aliphatic carbocycles.